The summed E-state index contributed by atoms with van der Waals surface area (Å²) < 4.78 is 13.0. The van der Waals surface area contributed by atoms with Gasteiger partial charge in [0.1, 0.15) is 0 Å². The van der Waals surface area contributed by atoms with Crippen molar-refractivity contribution >= 4 is 23.6 Å². The van der Waals surface area contributed by atoms with Gasteiger partial charge in [-0.1, -0.05) is 79.7 Å². The van der Waals surface area contributed by atoms with Crippen molar-refractivity contribution in [3.63, 3.8) is 0 Å². The maximum atomic E-state index is 12.1. The zero-order valence-corrected chi connectivity index (χ0v) is 23.9. The first-order valence-electron chi connectivity index (χ1n) is 13.8. The lowest BCUT2D eigenvalue weighted by Crippen LogP contribution is -2.38. The topological polar surface area (TPSA) is 125 Å². The lowest BCUT2D eigenvalue weighted by molar-refractivity contribution is -0.268. The first-order valence-corrected chi connectivity index (χ1v) is 14.9. The van der Waals surface area contributed by atoms with E-state index in [0.717, 1.165) is 39.1 Å². The summed E-state index contributed by atoms with van der Waals surface area (Å²) in [5.41, 5.74) is 5.62. The zero-order valence-electron chi connectivity index (χ0n) is 23.1. The van der Waals surface area contributed by atoms with Crippen molar-refractivity contribution in [2.45, 2.75) is 51.4 Å². The molecule has 41 heavy (non-hydrogen) atoms. The fraction of sp³-hybridized carbons (Fsp3) is 0.375. The SMILES string of the molecule is C[C@H]1[C@@H](CSCCO)O[C@@H](c2ccc(-c3ccccc3CNC(=O)CCC(=O)O)cc2)O[C@H]1c1ccc(CO)cc1. The molecule has 218 valence electrons. The molecule has 1 amide bonds. The molecule has 3 aromatic rings. The fourth-order valence-electron chi connectivity index (χ4n) is 4.85. The average molecular weight is 580 g/mol. The number of carboxylic acids is 1. The molecule has 0 aliphatic carbocycles. The van der Waals surface area contributed by atoms with Crippen LogP contribution in [0.3, 0.4) is 0 Å². The number of carbonyl (C=O) groups excluding carboxylic acids is 1. The van der Waals surface area contributed by atoms with Crippen LogP contribution in [0.25, 0.3) is 11.1 Å². The number of carboxylic acid groups (broad SMARTS) is 1. The Balaban J connectivity index is 1.51. The van der Waals surface area contributed by atoms with E-state index in [1.54, 1.807) is 11.8 Å². The van der Waals surface area contributed by atoms with E-state index < -0.39 is 12.3 Å². The normalized spacial score (nSPS) is 20.5. The largest absolute Gasteiger partial charge is 0.481 e. The Morgan fingerprint density at radius 3 is 2.29 bits per heavy atom. The summed E-state index contributed by atoms with van der Waals surface area (Å²) in [5, 5.41) is 30.3. The number of carbonyl (C=O) groups is 2. The molecule has 0 aromatic heterocycles. The van der Waals surface area contributed by atoms with Crippen LogP contribution in [0.2, 0.25) is 0 Å². The highest BCUT2D eigenvalue weighted by atomic mass is 32.2. The first kappa shape index (κ1) is 30.7. The van der Waals surface area contributed by atoms with Crippen molar-refractivity contribution < 1.29 is 34.4 Å². The van der Waals surface area contributed by atoms with Crippen molar-refractivity contribution in [1.29, 1.82) is 0 Å². The van der Waals surface area contributed by atoms with Crippen molar-refractivity contribution in [2.75, 3.05) is 18.1 Å². The van der Waals surface area contributed by atoms with Gasteiger partial charge in [-0.3, -0.25) is 9.59 Å². The van der Waals surface area contributed by atoms with Gasteiger partial charge in [-0.2, -0.15) is 11.8 Å². The molecule has 0 bridgehead atoms. The molecule has 4 N–H and O–H groups in total. The molecular formula is C32H37NO7S. The van der Waals surface area contributed by atoms with Gasteiger partial charge in [0, 0.05) is 36.0 Å². The lowest BCUT2D eigenvalue weighted by Gasteiger charge is -2.41. The Labute approximate surface area is 244 Å². The van der Waals surface area contributed by atoms with Crippen molar-refractivity contribution in [3.8, 4) is 11.1 Å². The molecule has 1 aliphatic heterocycles. The average Bonchev–Trinajstić information content (AvgIpc) is 3.00. The summed E-state index contributed by atoms with van der Waals surface area (Å²) in [6, 6.07) is 23.6. The van der Waals surface area contributed by atoms with Gasteiger partial charge in [0.25, 0.3) is 0 Å². The molecule has 0 radical (unpaired) electrons. The Morgan fingerprint density at radius 1 is 0.902 bits per heavy atom. The van der Waals surface area contributed by atoms with Crippen LogP contribution in [0.1, 0.15) is 54.4 Å². The number of ether oxygens (including phenoxy) is 2. The first-order chi connectivity index (χ1) is 19.9. The number of hydrogen-bond donors (Lipinski definition) is 4. The van der Waals surface area contributed by atoms with E-state index in [-0.39, 0.29) is 50.1 Å². The number of nitrogens with one attached hydrogen (secondary N) is 1. The number of hydrogen-bond acceptors (Lipinski definition) is 7. The molecule has 4 atom stereocenters. The number of aliphatic carboxylic acids is 1. The molecule has 8 nitrogen and oxygen atoms in total. The molecular weight excluding hydrogens is 542 g/mol. The molecule has 1 heterocycles. The zero-order chi connectivity index (χ0) is 29.2. The van der Waals surface area contributed by atoms with Gasteiger partial charge in [0.15, 0.2) is 6.29 Å². The van der Waals surface area contributed by atoms with Gasteiger partial charge < -0.3 is 30.1 Å². The molecule has 0 unspecified atom stereocenters. The Hall–Kier alpha value is -3.21. The summed E-state index contributed by atoms with van der Waals surface area (Å²) in [7, 11) is 0. The van der Waals surface area contributed by atoms with E-state index >= 15 is 0 Å². The molecule has 0 spiro atoms. The van der Waals surface area contributed by atoms with Gasteiger partial charge in [-0.25, -0.2) is 0 Å². The van der Waals surface area contributed by atoms with Gasteiger partial charge in [0.2, 0.25) is 5.91 Å². The second kappa shape index (κ2) is 15.1. The second-order valence-corrected chi connectivity index (χ2v) is 11.2. The molecule has 4 rings (SSSR count). The standard InChI is InChI=1S/C32H37NO7S/c1-21-28(20-41-17-16-34)39-32(40-31(21)24-8-6-22(19-35)7-9-24)25-12-10-23(11-13-25)27-5-3-2-4-26(27)18-33-29(36)14-15-30(37)38/h2-13,21,28,31-32,34-35H,14-20H2,1H3,(H,33,36)(H,37,38)/t21-,28+,31+,32+/m0/s1. The van der Waals surface area contributed by atoms with Crippen molar-refractivity contribution in [1.82, 2.24) is 5.32 Å². The van der Waals surface area contributed by atoms with Crippen LogP contribution in [0, 0.1) is 5.92 Å². The quantitative estimate of drug-likeness (QED) is 0.212. The number of amides is 1. The van der Waals surface area contributed by atoms with Crippen LogP contribution >= 0.6 is 11.8 Å². The minimum atomic E-state index is -0.998. The van der Waals surface area contributed by atoms with E-state index in [9.17, 15) is 19.8 Å². The highest BCUT2D eigenvalue weighted by molar-refractivity contribution is 7.99. The maximum absolute atomic E-state index is 12.1. The van der Waals surface area contributed by atoms with Gasteiger partial charge in [-0.15, -0.1) is 0 Å². The summed E-state index contributed by atoms with van der Waals surface area (Å²) in [6.07, 6.45) is -1.12. The van der Waals surface area contributed by atoms with Gasteiger partial charge >= 0.3 is 5.97 Å². The van der Waals surface area contributed by atoms with Gasteiger partial charge in [0.05, 0.1) is 31.8 Å². The minimum Gasteiger partial charge on any atom is -0.481 e. The van der Waals surface area contributed by atoms with E-state index in [1.807, 2.05) is 72.8 Å². The molecule has 0 saturated carbocycles. The smallest absolute Gasteiger partial charge is 0.303 e. The van der Waals surface area contributed by atoms with Crippen LogP contribution in [0.15, 0.2) is 72.8 Å². The molecule has 1 saturated heterocycles. The summed E-state index contributed by atoms with van der Waals surface area (Å²) >= 11 is 1.65. The number of benzene rings is 3. The minimum absolute atomic E-state index is 0.0138. The molecule has 1 aliphatic rings. The molecule has 9 heteroatoms. The monoisotopic (exact) mass is 579 g/mol. The highest BCUT2D eigenvalue weighted by Gasteiger charge is 2.38. The highest BCUT2D eigenvalue weighted by Crippen LogP contribution is 2.42. The maximum Gasteiger partial charge on any atom is 0.303 e. The Kier molecular flexibility index (Phi) is 11.4. The third-order valence-electron chi connectivity index (χ3n) is 7.19. The van der Waals surface area contributed by atoms with E-state index in [2.05, 4.69) is 12.2 Å². The van der Waals surface area contributed by atoms with E-state index in [0.29, 0.717) is 12.3 Å². The predicted molar refractivity (Wildman–Crippen MR) is 158 cm³/mol. The van der Waals surface area contributed by atoms with E-state index in [1.165, 1.54) is 0 Å². The van der Waals surface area contributed by atoms with Crippen LogP contribution in [-0.2, 0) is 32.2 Å². The summed E-state index contributed by atoms with van der Waals surface area (Å²) in [5.74, 6) is 0.153. The third kappa shape index (κ3) is 8.40. The predicted octanol–water partition coefficient (Wildman–Crippen LogP) is 4.84. The Bertz CT molecular complexity index is 1280. The summed E-state index contributed by atoms with van der Waals surface area (Å²) in [6.45, 7) is 2.52. The Morgan fingerprint density at radius 2 is 1.61 bits per heavy atom. The number of thioether (sulfide) groups is 1. The number of aliphatic hydroxyl groups is 2. The van der Waals surface area contributed by atoms with Crippen molar-refractivity contribution in [2.24, 2.45) is 5.92 Å². The molecule has 3 aromatic carbocycles. The van der Waals surface area contributed by atoms with Crippen LogP contribution in [0.5, 0.6) is 0 Å². The fourth-order valence-corrected chi connectivity index (χ4v) is 5.76. The number of aliphatic hydroxyl groups excluding tert-OH is 2. The van der Waals surface area contributed by atoms with Crippen LogP contribution in [-0.4, -0.2) is 51.4 Å². The van der Waals surface area contributed by atoms with Crippen molar-refractivity contribution in [3.05, 3.63) is 95.1 Å². The van der Waals surface area contributed by atoms with E-state index in [4.69, 9.17) is 14.6 Å². The van der Waals surface area contributed by atoms with Crippen LogP contribution in [0.4, 0.5) is 0 Å². The number of rotatable bonds is 13. The van der Waals surface area contributed by atoms with Crippen LogP contribution < -0.4 is 5.32 Å². The lowest BCUT2D eigenvalue weighted by atomic mass is 9.91. The molecule has 1 fully saturated rings. The van der Waals surface area contributed by atoms with Gasteiger partial charge in [-0.05, 0) is 27.8 Å². The summed E-state index contributed by atoms with van der Waals surface area (Å²) in [4.78, 5) is 22.8. The second-order valence-electron chi connectivity index (χ2n) is 10.1. The third-order valence-corrected chi connectivity index (χ3v) is 8.23.